The second-order valence-electron chi connectivity index (χ2n) is 2.95. The van der Waals surface area contributed by atoms with Gasteiger partial charge in [-0.15, -0.1) is 0 Å². The molecule has 0 heterocycles. The Hall–Kier alpha value is -0.530. The van der Waals surface area contributed by atoms with Crippen molar-refractivity contribution in [3.05, 3.63) is 0 Å². The van der Waals surface area contributed by atoms with E-state index in [-0.39, 0.29) is 0 Å². The van der Waals surface area contributed by atoms with Gasteiger partial charge >= 0.3 is 18.1 Å². The fourth-order valence-corrected chi connectivity index (χ4v) is 0.722. The molecule has 86 valence electrons. The topological polar surface area (TPSA) is 12.0 Å². The summed E-state index contributed by atoms with van der Waals surface area (Å²) < 4.78 is 83.5. The molecule has 0 radical (unpaired) electrons. The van der Waals surface area contributed by atoms with Gasteiger partial charge < -0.3 is 0 Å². The zero-order valence-electron chi connectivity index (χ0n) is 7.22. The molecule has 0 aliphatic heterocycles. The van der Waals surface area contributed by atoms with Crippen molar-refractivity contribution in [1.29, 1.82) is 0 Å². The standard InChI is InChI=1S/C6H8F7N/c1-3(2)14-4(7,5(8,9)10)6(11,12)13/h3,14H,1-2H3. The predicted molar refractivity (Wildman–Crippen MR) is 34.2 cm³/mol. The largest absolute Gasteiger partial charge is 0.445 e. The minimum absolute atomic E-state index is 0.819. The highest BCUT2D eigenvalue weighted by Gasteiger charge is 2.72. The first-order valence-corrected chi connectivity index (χ1v) is 3.52. The van der Waals surface area contributed by atoms with E-state index in [1.54, 1.807) is 0 Å². The molecule has 0 aromatic rings. The molecule has 1 N–H and O–H groups in total. The number of halogens is 7. The van der Waals surface area contributed by atoms with Crippen LogP contribution < -0.4 is 5.32 Å². The minimum atomic E-state index is -6.03. The molecule has 0 amide bonds. The summed E-state index contributed by atoms with van der Waals surface area (Å²) in [5, 5.41) is 0.819. The molecule has 0 unspecified atom stereocenters. The van der Waals surface area contributed by atoms with E-state index in [1.165, 1.54) is 0 Å². The Kier molecular flexibility index (Phi) is 3.42. The Balaban J connectivity index is 5.07. The maximum absolute atomic E-state index is 12.7. The van der Waals surface area contributed by atoms with Crippen molar-refractivity contribution in [1.82, 2.24) is 5.32 Å². The third kappa shape index (κ3) is 2.49. The Morgan fingerprint density at radius 1 is 0.786 bits per heavy atom. The van der Waals surface area contributed by atoms with E-state index in [9.17, 15) is 30.7 Å². The summed E-state index contributed by atoms with van der Waals surface area (Å²) >= 11 is 0. The number of nitrogens with one attached hydrogen (secondary N) is 1. The summed E-state index contributed by atoms with van der Waals surface area (Å²) in [6, 6.07) is -1.29. The molecule has 0 spiro atoms. The molecule has 0 saturated heterocycles. The summed E-state index contributed by atoms with van der Waals surface area (Å²) in [4.78, 5) is 0. The summed E-state index contributed by atoms with van der Waals surface area (Å²) in [6.07, 6.45) is -12.1. The molecule has 0 bridgehead atoms. The van der Waals surface area contributed by atoms with Gasteiger partial charge in [-0.05, 0) is 13.8 Å². The average Bonchev–Trinajstić information content (AvgIpc) is 1.79. The van der Waals surface area contributed by atoms with Crippen LogP contribution in [0.25, 0.3) is 0 Å². The van der Waals surface area contributed by atoms with Crippen LogP contribution in [0.2, 0.25) is 0 Å². The lowest BCUT2D eigenvalue weighted by atomic mass is 10.2. The first kappa shape index (κ1) is 13.5. The zero-order chi connectivity index (χ0) is 11.8. The van der Waals surface area contributed by atoms with E-state index in [4.69, 9.17) is 0 Å². The zero-order valence-corrected chi connectivity index (χ0v) is 7.22. The van der Waals surface area contributed by atoms with Gasteiger partial charge in [-0.3, -0.25) is 5.32 Å². The molecule has 8 heteroatoms. The van der Waals surface area contributed by atoms with E-state index in [1.807, 2.05) is 0 Å². The lowest BCUT2D eigenvalue weighted by Crippen LogP contribution is -2.64. The molecule has 0 aliphatic rings. The van der Waals surface area contributed by atoms with Gasteiger partial charge in [0.25, 0.3) is 0 Å². The lowest BCUT2D eigenvalue weighted by Gasteiger charge is -2.32. The number of rotatable bonds is 2. The molecule has 14 heavy (non-hydrogen) atoms. The van der Waals surface area contributed by atoms with Crippen LogP contribution in [0.4, 0.5) is 30.7 Å². The fourth-order valence-electron chi connectivity index (χ4n) is 0.722. The smallest absolute Gasteiger partial charge is 0.267 e. The van der Waals surface area contributed by atoms with Gasteiger partial charge in [0.1, 0.15) is 0 Å². The van der Waals surface area contributed by atoms with E-state index >= 15 is 0 Å². The maximum Gasteiger partial charge on any atom is 0.445 e. The monoisotopic (exact) mass is 227 g/mol. The van der Waals surface area contributed by atoms with Gasteiger partial charge in [0, 0.05) is 6.04 Å². The van der Waals surface area contributed by atoms with Gasteiger partial charge in [-0.25, -0.2) is 4.39 Å². The normalized spacial score (nSPS) is 15.0. The van der Waals surface area contributed by atoms with Crippen molar-refractivity contribution in [3.63, 3.8) is 0 Å². The molecule has 1 nitrogen and oxygen atoms in total. The third-order valence-corrected chi connectivity index (χ3v) is 1.27. The Bertz CT molecular complexity index is 177. The molecule has 0 rings (SSSR count). The van der Waals surface area contributed by atoms with E-state index in [0.29, 0.717) is 0 Å². The lowest BCUT2D eigenvalue weighted by molar-refractivity contribution is -0.354. The van der Waals surface area contributed by atoms with E-state index < -0.39 is 24.2 Å². The SMILES string of the molecule is CC(C)NC(F)(C(F)(F)F)C(F)(F)F. The fraction of sp³-hybridized carbons (Fsp3) is 1.00. The summed E-state index contributed by atoms with van der Waals surface area (Å²) in [6.45, 7) is 1.96. The van der Waals surface area contributed by atoms with Crippen LogP contribution in [0.1, 0.15) is 13.8 Å². The Morgan fingerprint density at radius 3 is 1.14 bits per heavy atom. The van der Waals surface area contributed by atoms with Crippen LogP contribution in [0, 0.1) is 0 Å². The Labute approximate surface area is 75.3 Å². The van der Waals surface area contributed by atoms with Gasteiger partial charge in [0.2, 0.25) is 0 Å². The Morgan fingerprint density at radius 2 is 1.07 bits per heavy atom. The van der Waals surface area contributed by atoms with Crippen LogP contribution in [0.15, 0.2) is 0 Å². The molecule has 0 saturated carbocycles. The van der Waals surface area contributed by atoms with Crippen molar-refractivity contribution in [3.8, 4) is 0 Å². The van der Waals surface area contributed by atoms with Crippen molar-refractivity contribution in [2.45, 2.75) is 38.0 Å². The highest BCUT2D eigenvalue weighted by Crippen LogP contribution is 2.44. The predicted octanol–water partition coefficient (Wildman–Crippen LogP) is 2.77. The molecule has 0 aromatic carbocycles. The quantitative estimate of drug-likeness (QED) is 0.565. The molecule has 0 fully saturated rings. The highest BCUT2D eigenvalue weighted by molar-refractivity contribution is 4.92. The van der Waals surface area contributed by atoms with Gasteiger partial charge in [-0.2, -0.15) is 26.3 Å². The minimum Gasteiger partial charge on any atom is -0.267 e. The number of alkyl halides is 7. The summed E-state index contributed by atoms with van der Waals surface area (Å²) in [5.41, 5.74) is 0. The van der Waals surface area contributed by atoms with Crippen molar-refractivity contribution in [2.75, 3.05) is 0 Å². The van der Waals surface area contributed by atoms with Crippen LogP contribution in [-0.2, 0) is 0 Å². The van der Waals surface area contributed by atoms with Crippen LogP contribution in [0.5, 0.6) is 0 Å². The first-order chi connectivity index (χ1) is 5.92. The summed E-state index contributed by atoms with van der Waals surface area (Å²) in [7, 11) is 0. The average molecular weight is 227 g/mol. The highest BCUT2D eigenvalue weighted by atomic mass is 19.4. The third-order valence-electron chi connectivity index (χ3n) is 1.27. The van der Waals surface area contributed by atoms with E-state index in [0.717, 1.165) is 19.2 Å². The molecular weight excluding hydrogens is 219 g/mol. The second-order valence-corrected chi connectivity index (χ2v) is 2.95. The molecular formula is C6H8F7N. The van der Waals surface area contributed by atoms with Crippen molar-refractivity contribution < 1.29 is 30.7 Å². The summed E-state index contributed by atoms with van der Waals surface area (Å²) in [5.74, 6) is -5.35. The maximum atomic E-state index is 12.7. The molecule has 0 aliphatic carbocycles. The van der Waals surface area contributed by atoms with Gasteiger partial charge in [0.05, 0.1) is 0 Å². The number of hydrogen-bond acceptors (Lipinski definition) is 1. The number of hydrogen-bond donors (Lipinski definition) is 1. The van der Waals surface area contributed by atoms with Gasteiger partial charge in [0.15, 0.2) is 0 Å². The van der Waals surface area contributed by atoms with Crippen LogP contribution >= 0.6 is 0 Å². The second kappa shape index (κ2) is 3.56. The van der Waals surface area contributed by atoms with Gasteiger partial charge in [-0.1, -0.05) is 0 Å². The van der Waals surface area contributed by atoms with E-state index in [2.05, 4.69) is 0 Å². The van der Waals surface area contributed by atoms with Crippen LogP contribution in [-0.4, -0.2) is 24.2 Å². The van der Waals surface area contributed by atoms with Crippen LogP contribution in [0.3, 0.4) is 0 Å². The van der Waals surface area contributed by atoms with Crippen molar-refractivity contribution in [2.24, 2.45) is 0 Å². The van der Waals surface area contributed by atoms with Crippen molar-refractivity contribution >= 4 is 0 Å². The molecule has 0 atom stereocenters. The first-order valence-electron chi connectivity index (χ1n) is 3.52. The molecule has 0 aromatic heterocycles.